The van der Waals surface area contributed by atoms with Gasteiger partial charge in [-0.15, -0.1) is 10.2 Å². The molecule has 0 fully saturated rings. The second-order valence-corrected chi connectivity index (χ2v) is 4.52. The molecule has 0 radical (unpaired) electrons. The van der Waals surface area contributed by atoms with Crippen LogP contribution in [0, 0.1) is 0 Å². The van der Waals surface area contributed by atoms with Crippen LogP contribution in [0.4, 0.5) is 0 Å². The van der Waals surface area contributed by atoms with Crippen molar-refractivity contribution in [1.82, 2.24) is 10.2 Å². The number of aromatic nitrogens is 2. The highest BCUT2D eigenvalue weighted by Gasteiger charge is 2.05. The van der Waals surface area contributed by atoms with Crippen LogP contribution in [0.1, 0.15) is 28.7 Å². The Bertz CT molecular complexity index is 554. The highest BCUT2D eigenvalue weighted by molar-refractivity contribution is 7.98. The number of hydrogen-bond donors (Lipinski definition) is 0. The zero-order chi connectivity index (χ0) is 13.0. The van der Waals surface area contributed by atoms with E-state index in [1.165, 1.54) is 17.8 Å². The summed E-state index contributed by atoms with van der Waals surface area (Å²) in [6, 6.07) is 6.62. The molecular formula is C12H11N2O3S-. The summed E-state index contributed by atoms with van der Waals surface area (Å²) < 4.78 is 5.34. The number of benzene rings is 1. The molecule has 0 spiro atoms. The number of carboxylic acids is 1. The fraction of sp³-hybridized carbons (Fsp3) is 0.250. The zero-order valence-corrected chi connectivity index (χ0v) is 10.6. The van der Waals surface area contributed by atoms with Crippen molar-refractivity contribution in [2.75, 3.05) is 0 Å². The van der Waals surface area contributed by atoms with Crippen LogP contribution in [0.3, 0.4) is 0 Å². The number of rotatable bonds is 5. The fourth-order valence-electron chi connectivity index (χ4n) is 1.37. The second kappa shape index (κ2) is 5.68. The number of carboxylic acid groups (broad SMARTS) is 1. The lowest BCUT2D eigenvalue weighted by Gasteiger charge is -2.04. The zero-order valence-electron chi connectivity index (χ0n) is 9.75. The van der Waals surface area contributed by atoms with Crippen molar-refractivity contribution in [2.45, 2.75) is 24.3 Å². The Kier molecular flexibility index (Phi) is 3.99. The van der Waals surface area contributed by atoms with Gasteiger partial charge in [-0.25, -0.2) is 0 Å². The average Bonchev–Trinajstić information content (AvgIpc) is 2.84. The molecule has 2 rings (SSSR count). The lowest BCUT2D eigenvalue weighted by Crippen LogP contribution is -2.22. The van der Waals surface area contributed by atoms with E-state index in [-0.39, 0.29) is 5.56 Å². The minimum atomic E-state index is -1.17. The maximum atomic E-state index is 10.7. The molecule has 0 bridgehead atoms. The Morgan fingerprint density at radius 2 is 2.28 bits per heavy atom. The molecule has 0 N–H and O–H groups in total. The van der Waals surface area contributed by atoms with Gasteiger partial charge in [0.2, 0.25) is 5.89 Å². The molecule has 0 atom stereocenters. The van der Waals surface area contributed by atoms with Gasteiger partial charge >= 0.3 is 0 Å². The van der Waals surface area contributed by atoms with E-state index < -0.39 is 5.97 Å². The molecule has 6 heteroatoms. The van der Waals surface area contributed by atoms with Crippen LogP contribution in [0.15, 0.2) is 33.9 Å². The third kappa shape index (κ3) is 3.10. The predicted molar refractivity (Wildman–Crippen MR) is 64.0 cm³/mol. The molecule has 18 heavy (non-hydrogen) atoms. The van der Waals surface area contributed by atoms with E-state index in [1.54, 1.807) is 12.1 Å². The van der Waals surface area contributed by atoms with Gasteiger partial charge < -0.3 is 14.3 Å². The number of carbonyl (C=O) groups excluding carboxylic acids is 1. The maximum Gasteiger partial charge on any atom is 0.276 e. The molecule has 0 aliphatic rings. The predicted octanol–water partition coefficient (Wildman–Crippen LogP) is 1.29. The Balaban J connectivity index is 2.01. The molecule has 0 aliphatic carbocycles. The largest absolute Gasteiger partial charge is 0.545 e. The van der Waals surface area contributed by atoms with Crippen molar-refractivity contribution in [3.8, 4) is 0 Å². The van der Waals surface area contributed by atoms with Gasteiger partial charge in [-0.1, -0.05) is 36.9 Å². The third-order valence-electron chi connectivity index (χ3n) is 2.28. The molecule has 1 aromatic carbocycles. The number of hydrogen-bond acceptors (Lipinski definition) is 6. The molecule has 0 unspecified atom stereocenters. The molecule has 0 aliphatic heterocycles. The number of thioether (sulfide) groups is 1. The quantitative estimate of drug-likeness (QED) is 0.756. The van der Waals surface area contributed by atoms with Gasteiger partial charge in [-0.2, -0.15) is 0 Å². The van der Waals surface area contributed by atoms with Gasteiger partial charge in [-0.05, 0) is 17.2 Å². The summed E-state index contributed by atoms with van der Waals surface area (Å²) in [6.45, 7) is 1.94. The monoisotopic (exact) mass is 263 g/mol. The summed E-state index contributed by atoms with van der Waals surface area (Å²) in [5.41, 5.74) is 1.05. The first kappa shape index (κ1) is 12.6. The molecular weight excluding hydrogens is 252 g/mol. The Morgan fingerprint density at radius 3 is 2.94 bits per heavy atom. The Labute approximate surface area is 108 Å². The number of aryl methyl sites for hydroxylation is 1. The average molecular weight is 263 g/mol. The summed E-state index contributed by atoms with van der Waals surface area (Å²) in [6.07, 6.45) is 0.702. The number of nitrogens with zero attached hydrogens (tertiary/aromatic N) is 2. The van der Waals surface area contributed by atoms with E-state index in [2.05, 4.69) is 10.2 Å². The molecule has 0 saturated carbocycles. The van der Waals surface area contributed by atoms with Crippen LogP contribution in [0.25, 0.3) is 0 Å². The summed E-state index contributed by atoms with van der Waals surface area (Å²) in [5.74, 6) is 0.000765. The number of carbonyl (C=O) groups is 1. The van der Waals surface area contributed by atoms with E-state index >= 15 is 0 Å². The first-order chi connectivity index (χ1) is 8.69. The molecule has 94 valence electrons. The summed E-state index contributed by atoms with van der Waals surface area (Å²) in [7, 11) is 0. The van der Waals surface area contributed by atoms with Crippen molar-refractivity contribution in [3.63, 3.8) is 0 Å². The first-order valence-electron chi connectivity index (χ1n) is 5.44. The van der Waals surface area contributed by atoms with E-state index in [4.69, 9.17) is 4.42 Å². The second-order valence-electron chi connectivity index (χ2n) is 3.59. The third-order valence-corrected chi connectivity index (χ3v) is 3.17. The van der Waals surface area contributed by atoms with Gasteiger partial charge in [0.1, 0.15) is 0 Å². The van der Waals surface area contributed by atoms with Crippen molar-refractivity contribution in [3.05, 3.63) is 41.3 Å². The molecule has 5 nitrogen and oxygen atoms in total. The Hall–Kier alpha value is -1.82. The van der Waals surface area contributed by atoms with Gasteiger partial charge in [0.25, 0.3) is 5.22 Å². The molecule has 1 heterocycles. The highest BCUT2D eigenvalue weighted by Crippen LogP contribution is 2.21. The van der Waals surface area contributed by atoms with Gasteiger partial charge in [0.05, 0.1) is 5.97 Å². The van der Waals surface area contributed by atoms with Crippen LogP contribution < -0.4 is 5.11 Å². The topological polar surface area (TPSA) is 79.0 Å². The van der Waals surface area contributed by atoms with Crippen LogP contribution in [-0.2, 0) is 12.2 Å². The molecule has 0 amide bonds. The van der Waals surface area contributed by atoms with Gasteiger partial charge in [0.15, 0.2) is 0 Å². The lowest BCUT2D eigenvalue weighted by atomic mass is 10.1. The highest BCUT2D eigenvalue weighted by atomic mass is 32.2. The summed E-state index contributed by atoms with van der Waals surface area (Å²) in [4.78, 5) is 10.7. The summed E-state index contributed by atoms with van der Waals surface area (Å²) in [5, 5.41) is 18.9. The van der Waals surface area contributed by atoms with Crippen LogP contribution in [0.2, 0.25) is 0 Å². The standard InChI is InChI=1S/C12H12N2O3S/c1-2-10-13-14-12(17-10)18-7-8-4-3-5-9(6-8)11(15)16/h3-6H,2,7H2,1H3,(H,15,16)/p-1. The SMILES string of the molecule is CCc1nnc(SCc2cccc(C(=O)[O-])c2)o1. The van der Waals surface area contributed by atoms with Crippen molar-refractivity contribution < 1.29 is 14.3 Å². The van der Waals surface area contributed by atoms with E-state index in [9.17, 15) is 9.90 Å². The van der Waals surface area contributed by atoms with Crippen molar-refractivity contribution in [2.24, 2.45) is 0 Å². The Morgan fingerprint density at radius 1 is 1.44 bits per heavy atom. The van der Waals surface area contributed by atoms with Crippen molar-refractivity contribution in [1.29, 1.82) is 0 Å². The fourth-order valence-corrected chi connectivity index (χ4v) is 2.10. The minimum Gasteiger partial charge on any atom is -0.545 e. The van der Waals surface area contributed by atoms with E-state index in [1.807, 2.05) is 13.0 Å². The lowest BCUT2D eigenvalue weighted by molar-refractivity contribution is -0.255. The van der Waals surface area contributed by atoms with Crippen LogP contribution in [-0.4, -0.2) is 16.2 Å². The maximum absolute atomic E-state index is 10.7. The van der Waals surface area contributed by atoms with Crippen LogP contribution >= 0.6 is 11.8 Å². The van der Waals surface area contributed by atoms with E-state index in [0.29, 0.717) is 23.3 Å². The van der Waals surface area contributed by atoms with Gasteiger partial charge in [0, 0.05) is 12.2 Å². The molecule has 1 aromatic heterocycles. The smallest absolute Gasteiger partial charge is 0.276 e. The number of aromatic carboxylic acids is 1. The normalized spacial score (nSPS) is 10.5. The van der Waals surface area contributed by atoms with Gasteiger partial charge in [-0.3, -0.25) is 0 Å². The van der Waals surface area contributed by atoms with Crippen molar-refractivity contribution >= 4 is 17.7 Å². The molecule has 2 aromatic rings. The minimum absolute atomic E-state index is 0.174. The first-order valence-corrected chi connectivity index (χ1v) is 6.43. The summed E-state index contributed by atoms with van der Waals surface area (Å²) >= 11 is 1.38. The van der Waals surface area contributed by atoms with Crippen LogP contribution in [0.5, 0.6) is 0 Å². The van der Waals surface area contributed by atoms with E-state index in [0.717, 1.165) is 5.56 Å². The molecule has 0 saturated heterocycles.